The van der Waals surface area contributed by atoms with E-state index in [1.807, 2.05) is 14.0 Å². The molecule has 0 aliphatic heterocycles. The van der Waals surface area contributed by atoms with Gasteiger partial charge >= 0.3 is 0 Å². The van der Waals surface area contributed by atoms with Crippen LogP contribution in [0.25, 0.3) is 0 Å². The SMILES string of the molecule is CC#CCCC(NC)c1cc(C)ccc1Br. The summed E-state index contributed by atoms with van der Waals surface area (Å²) in [7, 11) is 2.00. The molecule has 0 bridgehead atoms. The van der Waals surface area contributed by atoms with Crippen LogP contribution >= 0.6 is 15.9 Å². The normalized spacial score (nSPS) is 11.8. The van der Waals surface area contributed by atoms with E-state index in [2.05, 4.69) is 58.2 Å². The summed E-state index contributed by atoms with van der Waals surface area (Å²) in [5.41, 5.74) is 2.61. The molecule has 1 rings (SSSR count). The van der Waals surface area contributed by atoms with Crippen molar-refractivity contribution in [1.29, 1.82) is 0 Å². The molecule has 1 aromatic carbocycles. The maximum Gasteiger partial charge on any atom is 0.0337 e. The van der Waals surface area contributed by atoms with Crippen molar-refractivity contribution in [1.82, 2.24) is 5.32 Å². The molecule has 86 valence electrons. The van der Waals surface area contributed by atoms with E-state index in [1.54, 1.807) is 0 Å². The highest BCUT2D eigenvalue weighted by Gasteiger charge is 2.11. The predicted molar refractivity (Wildman–Crippen MR) is 73.4 cm³/mol. The average molecular weight is 280 g/mol. The fraction of sp³-hybridized carbons (Fsp3) is 0.429. The highest BCUT2D eigenvalue weighted by molar-refractivity contribution is 9.10. The molecule has 0 radical (unpaired) electrons. The minimum atomic E-state index is 0.370. The van der Waals surface area contributed by atoms with Crippen LogP contribution in [0.3, 0.4) is 0 Å². The molecule has 0 fully saturated rings. The lowest BCUT2D eigenvalue weighted by molar-refractivity contribution is 0.556. The van der Waals surface area contributed by atoms with Crippen molar-refractivity contribution in [3.8, 4) is 11.8 Å². The second-order valence-corrected chi connectivity index (χ2v) is 4.69. The van der Waals surface area contributed by atoms with Gasteiger partial charge in [0.05, 0.1) is 0 Å². The molecule has 0 aliphatic carbocycles. The van der Waals surface area contributed by atoms with E-state index < -0.39 is 0 Å². The molecule has 1 unspecified atom stereocenters. The first-order chi connectivity index (χ1) is 7.69. The third-order valence-corrected chi connectivity index (χ3v) is 3.33. The van der Waals surface area contributed by atoms with Crippen molar-refractivity contribution >= 4 is 15.9 Å². The summed E-state index contributed by atoms with van der Waals surface area (Å²) in [5.74, 6) is 6.05. The molecule has 0 saturated heterocycles. The maximum atomic E-state index is 3.60. The van der Waals surface area contributed by atoms with E-state index in [4.69, 9.17) is 0 Å². The third kappa shape index (κ3) is 3.66. The molecule has 0 aliphatic rings. The zero-order valence-electron chi connectivity index (χ0n) is 10.1. The fourth-order valence-corrected chi connectivity index (χ4v) is 2.25. The summed E-state index contributed by atoms with van der Waals surface area (Å²) in [6.07, 6.45) is 1.97. The first-order valence-corrected chi connectivity index (χ1v) is 6.31. The van der Waals surface area contributed by atoms with E-state index in [-0.39, 0.29) is 0 Å². The van der Waals surface area contributed by atoms with Crippen LogP contribution in [0.4, 0.5) is 0 Å². The van der Waals surface area contributed by atoms with Crippen LogP contribution in [0.2, 0.25) is 0 Å². The molecule has 0 heterocycles. The molecular formula is C14H18BrN. The van der Waals surface area contributed by atoms with Gasteiger partial charge in [-0.3, -0.25) is 0 Å². The van der Waals surface area contributed by atoms with Crippen LogP contribution in [0.15, 0.2) is 22.7 Å². The smallest absolute Gasteiger partial charge is 0.0337 e. The summed E-state index contributed by atoms with van der Waals surface area (Å²) in [4.78, 5) is 0. The van der Waals surface area contributed by atoms with Crippen LogP contribution in [-0.4, -0.2) is 7.05 Å². The number of hydrogen-bond acceptors (Lipinski definition) is 1. The molecule has 16 heavy (non-hydrogen) atoms. The van der Waals surface area contributed by atoms with Gasteiger partial charge in [-0.15, -0.1) is 11.8 Å². The van der Waals surface area contributed by atoms with E-state index in [0.717, 1.165) is 12.8 Å². The lowest BCUT2D eigenvalue weighted by Gasteiger charge is -2.17. The lowest BCUT2D eigenvalue weighted by atomic mass is 10.0. The molecule has 1 nitrogen and oxygen atoms in total. The summed E-state index contributed by atoms with van der Waals surface area (Å²) in [5, 5.41) is 3.35. The Hall–Kier alpha value is -0.780. The van der Waals surface area contributed by atoms with Crippen molar-refractivity contribution in [2.45, 2.75) is 32.7 Å². The molecule has 1 aromatic rings. The molecular weight excluding hydrogens is 262 g/mol. The van der Waals surface area contributed by atoms with E-state index >= 15 is 0 Å². The Bertz CT molecular complexity index is 401. The monoisotopic (exact) mass is 279 g/mol. The number of benzene rings is 1. The Kier molecular flexibility index (Phi) is 5.59. The first-order valence-electron chi connectivity index (χ1n) is 5.52. The molecule has 1 N–H and O–H groups in total. The van der Waals surface area contributed by atoms with Crippen LogP contribution in [0, 0.1) is 18.8 Å². The molecule has 0 amide bonds. The van der Waals surface area contributed by atoms with Crippen molar-refractivity contribution < 1.29 is 0 Å². The Morgan fingerprint density at radius 2 is 2.19 bits per heavy atom. The van der Waals surface area contributed by atoms with Gasteiger partial charge in [-0.1, -0.05) is 33.6 Å². The molecule has 2 heteroatoms. The second kappa shape index (κ2) is 6.73. The van der Waals surface area contributed by atoms with Gasteiger partial charge in [-0.05, 0) is 38.9 Å². The molecule has 0 aromatic heterocycles. The van der Waals surface area contributed by atoms with Crippen LogP contribution < -0.4 is 5.32 Å². The largest absolute Gasteiger partial charge is 0.313 e. The van der Waals surface area contributed by atoms with Crippen molar-refractivity contribution in [3.05, 3.63) is 33.8 Å². The van der Waals surface area contributed by atoms with Crippen LogP contribution in [-0.2, 0) is 0 Å². The van der Waals surface area contributed by atoms with Gasteiger partial charge in [0, 0.05) is 16.9 Å². The van der Waals surface area contributed by atoms with Crippen LogP contribution in [0.5, 0.6) is 0 Å². The predicted octanol–water partition coefficient (Wildman–Crippen LogP) is 3.82. The van der Waals surface area contributed by atoms with E-state index in [0.29, 0.717) is 6.04 Å². The maximum absolute atomic E-state index is 3.60. The van der Waals surface area contributed by atoms with Gasteiger partial charge in [0.2, 0.25) is 0 Å². The number of hydrogen-bond donors (Lipinski definition) is 1. The summed E-state index contributed by atoms with van der Waals surface area (Å²) in [6.45, 7) is 4.01. The zero-order valence-corrected chi connectivity index (χ0v) is 11.7. The number of nitrogens with one attached hydrogen (secondary N) is 1. The Morgan fingerprint density at radius 3 is 2.81 bits per heavy atom. The average Bonchev–Trinajstić information content (AvgIpc) is 2.28. The highest BCUT2D eigenvalue weighted by Crippen LogP contribution is 2.27. The standard InChI is InChI=1S/C14H18BrN/c1-4-5-6-7-14(16-3)12-10-11(2)8-9-13(12)15/h8-10,14,16H,6-7H2,1-3H3. The number of rotatable bonds is 4. The van der Waals surface area contributed by atoms with Crippen molar-refractivity contribution in [2.75, 3.05) is 7.05 Å². The van der Waals surface area contributed by atoms with E-state index in [1.165, 1.54) is 15.6 Å². The summed E-state index contributed by atoms with van der Waals surface area (Å²) in [6, 6.07) is 6.83. The van der Waals surface area contributed by atoms with Gasteiger partial charge in [0.25, 0.3) is 0 Å². The number of halogens is 1. The molecule has 0 saturated carbocycles. The van der Waals surface area contributed by atoms with Crippen LogP contribution in [0.1, 0.15) is 36.9 Å². The molecule has 1 atom stereocenters. The topological polar surface area (TPSA) is 12.0 Å². The summed E-state index contributed by atoms with van der Waals surface area (Å²) >= 11 is 3.60. The zero-order chi connectivity index (χ0) is 12.0. The molecule has 0 spiro atoms. The Labute approximate surface area is 107 Å². The minimum absolute atomic E-state index is 0.370. The Morgan fingerprint density at radius 1 is 1.44 bits per heavy atom. The lowest BCUT2D eigenvalue weighted by Crippen LogP contribution is -2.16. The first kappa shape index (κ1) is 13.3. The third-order valence-electron chi connectivity index (χ3n) is 2.61. The van der Waals surface area contributed by atoms with Crippen molar-refractivity contribution in [2.24, 2.45) is 0 Å². The van der Waals surface area contributed by atoms with Crippen molar-refractivity contribution in [3.63, 3.8) is 0 Å². The quantitative estimate of drug-likeness (QED) is 0.827. The van der Waals surface area contributed by atoms with E-state index in [9.17, 15) is 0 Å². The van der Waals surface area contributed by atoms with Gasteiger partial charge in [-0.2, -0.15) is 0 Å². The van der Waals surface area contributed by atoms with Gasteiger partial charge < -0.3 is 5.32 Å². The minimum Gasteiger partial charge on any atom is -0.313 e. The summed E-state index contributed by atoms with van der Waals surface area (Å²) < 4.78 is 1.17. The van der Waals surface area contributed by atoms with Gasteiger partial charge in [-0.25, -0.2) is 0 Å². The van der Waals surface area contributed by atoms with Gasteiger partial charge in [0.1, 0.15) is 0 Å². The fourth-order valence-electron chi connectivity index (χ4n) is 1.73. The Balaban J connectivity index is 2.84. The van der Waals surface area contributed by atoms with Gasteiger partial charge in [0.15, 0.2) is 0 Å². The number of aryl methyl sites for hydroxylation is 1. The second-order valence-electron chi connectivity index (χ2n) is 3.83. The highest BCUT2D eigenvalue weighted by atomic mass is 79.9.